The van der Waals surface area contributed by atoms with Crippen LogP contribution < -0.4 is 10.1 Å². The number of furan rings is 1. The minimum Gasteiger partial charge on any atom is -0.496 e. The molecule has 2 rings (SSSR count). The van der Waals surface area contributed by atoms with Gasteiger partial charge in [-0.2, -0.15) is 0 Å². The second-order valence-corrected chi connectivity index (χ2v) is 4.84. The molecule has 5 nitrogen and oxygen atoms in total. The molecule has 0 saturated heterocycles. The molecule has 1 aromatic heterocycles. The first-order valence-corrected chi connectivity index (χ1v) is 6.79. The van der Waals surface area contributed by atoms with Gasteiger partial charge in [0.25, 0.3) is 0 Å². The maximum absolute atomic E-state index is 11.9. The van der Waals surface area contributed by atoms with Gasteiger partial charge in [0.05, 0.1) is 26.3 Å². The van der Waals surface area contributed by atoms with Gasteiger partial charge in [-0.15, -0.1) is 0 Å². The normalized spacial score (nSPS) is 12.0. The lowest BCUT2D eigenvalue weighted by Gasteiger charge is -2.12. The highest BCUT2D eigenvalue weighted by Crippen LogP contribution is 2.26. The Balaban J connectivity index is 1.93. The number of hydrogen-bond acceptors (Lipinski definition) is 4. The Hall–Kier alpha value is -1.98. The molecule has 21 heavy (non-hydrogen) atoms. The van der Waals surface area contributed by atoms with Gasteiger partial charge in [0.1, 0.15) is 17.6 Å². The van der Waals surface area contributed by atoms with E-state index in [-0.39, 0.29) is 18.9 Å². The maximum atomic E-state index is 11.9. The molecule has 0 spiro atoms. The van der Waals surface area contributed by atoms with Crippen molar-refractivity contribution >= 4 is 17.5 Å². The van der Waals surface area contributed by atoms with Crippen molar-refractivity contribution < 1.29 is 19.1 Å². The van der Waals surface area contributed by atoms with Gasteiger partial charge in [0, 0.05) is 10.6 Å². The van der Waals surface area contributed by atoms with Gasteiger partial charge in [-0.1, -0.05) is 17.7 Å². The van der Waals surface area contributed by atoms with Gasteiger partial charge in [0.15, 0.2) is 0 Å². The molecule has 0 aliphatic carbocycles. The zero-order valence-corrected chi connectivity index (χ0v) is 12.3. The van der Waals surface area contributed by atoms with Crippen LogP contribution in [-0.4, -0.2) is 24.7 Å². The van der Waals surface area contributed by atoms with E-state index in [1.165, 1.54) is 13.4 Å². The quantitative estimate of drug-likeness (QED) is 0.859. The fourth-order valence-electron chi connectivity index (χ4n) is 1.92. The third kappa shape index (κ3) is 4.00. The first kappa shape index (κ1) is 15.4. The Morgan fingerprint density at radius 2 is 2.24 bits per heavy atom. The second-order valence-electron chi connectivity index (χ2n) is 4.43. The zero-order valence-electron chi connectivity index (χ0n) is 11.5. The van der Waals surface area contributed by atoms with Crippen LogP contribution in [0.1, 0.15) is 17.4 Å². The van der Waals surface area contributed by atoms with E-state index in [1.54, 1.807) is 30.3 Å². The predicted molar refractivity (Wildman–Crippen MR) is 78.4 cm³/mol. The molecule has 0 saturated carbocycles. The van der Waals surface area contributed by atoms with E-state index in [1.807, 2.05) is 0 Å². The molecule has 1 amide bonds. The average molecular weight is 310 g/mol. The Morgan fingerprint density at radius 3 is 2.90 bits per heavy atom. The lowest BCUT2D eigenvalue weighted by atomic mass is 10.1. The largest absolute Gasteiger partial charge is 0.496 e. The van der Waals surface area contributed by atoms with Gasteiger partial charge in [-0.3, -0.25) is 4.79 Å². The van der Waals surface area contributed by atoms with Crippen molar-refractivity contribution in [2.45, 2.75) is 12.5 Å². The van der Waals surface area contributed by atoms with Gasteiger partial charge < -0.3 is 19.6 Å². The van der Waals surface area contributed by atoms with Crippen molar-refractivity contribution in [1.29, 1.82) is 0 Å². The molecule has 0 aliphatic heterocycles. The molecule has 0 aliphatic rings. The van der Waals surface area contributed by atoms with Crippen LogP contribution >= 0.6 is 11.6 Å². The van der Waals surface area contributed by atoms with Gasteiger partial charge in [-0.05, 0) is 24.3 Å². The fraction of sp³-hybridized carbons (Fsp3) is 0.267. The number of rotatable bonds is 6. The van der Waals surface area contributed by atoms with Gasteiger partial charge in [0.2, 0.25) is 5.91 Å². The number of methoxy groups -OCH3 is 1. The Bertz CT molecular complexity index is 598. The number of carbonyl (C=O) groups is 1. The molecule has 1 heterocycles. The average Bonchev–Trinajstić information content (AvgIpc) is 3.01. The van der Waals surface area contributed by atoms with Crippen molar-refractivity contribution in [2.75, 3.05) is 13.7 Å². The molecule has 1 aromatic carbocycles. The summed E-state index contributed by atoms with van der Waals surface area (Å²) in [6.07, 6.45) is 0.667. The first-order valence-electron chi connectivity index (χ1n) is 6.41. The predicted octanol–water partition coefficient (Wildman–Crippen LogP) is 2.33. The number of nitrogens with one attached hydrogen (secondary N) is 1. The van der Waals surface area contributed by atoms with E-state index < -0.39 is 6.10 Å². The molecular formula is C15H16ClNO4. The summed E-state index contributed by atoms with van der Waals surface area (Å²) in [6, 6.07) is 8.52. The molecule has 0 fully saturated rings. The monoisotopic (exact) mass is 309 g/mol. The number of amides is 1. The minimum absolute atomic E-state index is 0.0686. The van der Waals surface area contributed by atoms with Crippen LogP contribution in [-0.2, 0) is 11.2 Å². The van der Waals surface area contributed by atoms with Crippen LogP contribution in [0.25, 0.3) is 0 Å². The topological polar surface area (TPSA) is 71.7 Å². The third-order valence-corrected chi connectivity index (χ3v) is 3.35. The van der Waals surface area contributed by atoms with E-state index in [2.05, 4.69) is 5.32 Å². The van der Waals surface area contributed by atoms with Crippen LogP contribution in [0, 0.1) is 0 Å². The summed E-state index contributed by atoms with van der Waals surface area (Å²) in [5.74, 6) is 0.710. The lowest BCUT2D eigenvalue weighted by molar-refractivity contribution is -0.121. The highest BCUT2D eigenvalue weighted by atomic mass is 35.5. The lowest BCUT2D eigenvalue weighted by Crippen LogP contribution is -2.29. The van der Waals surface area contributed by atoms with Crippen LogP contribution in [0.2, 0.25) is 5.02 Å². The first-order chi connectivity index (χ1) is 10.1. The van der Waals surface area contributed by atoms with E-state index >= 15 is 0 Å². The molecule has 2 aromatic rings. The maximum Gasteiger partial charge on any atom is 0.224 e. The number of halogens is 1. The SMILES string of the molecule is COc1cccc(Cl)c1CC(=O)NCC(O)c1ccco1. The van der Waals surface area contributed by atoms with E-state index in [9.17, 15) is 9.90 Å². The number of aliphatic hydroxyl groups excluding tert-OH is 1. The molecule has 2 N–H and O–H groups in total. The van der Waals surface area contributed by atoms with E-state index in [4.69, 9.17) is 20.8 Å². The number of hydrogen-bond donors (Lipinski definition) is 2. The number of aliphatic hydroxyl groups is 1. The molecule has 6 heteroatoms. The van der Waals surface area contributed by atoms with E-state index in [0.717, 1.165) is 0 Å². The second kappa shape index (κ2) is 7.15. The van der Waals surface area contributed by atoms with Crippen LogP contribution in [0.5, 0.6) is 5.75 Å². The van der Waals surface area contributed by atoms with Crippen molar-refractivity contribution in [2.24, 2.45) is 0 Å². The van der Waals surface area contributed by atoms with Gasteiger partial charge in [-0.25, -0.2) is 0 Å². The summed E-state index contributed by atoms with van der Waals surface area (Å²) >= 11 is 6.07. The van der Waals surface area contributed by atoms with Crippen molar-refractivity contribution in [3.63, 3.8) is 0 Å². The number of benzene rings is 1. The molecule has 0 radical (unpaired) electrons. The summed E-state index contributed by atoms with van der Waals surface area (Å²) in [7, 11) is 1.52. The summed E-state index contributed by atoms with van der Waals surface area (Å²) in [4.78, 5) is 11.9. The van der Waals surface area contributed by atoms with Crippen LogP contribution in [0.4, 0.5) is 0 Å². The van der Waals surface area contributed by atoms with Crippen molar-refractivity contribution in [3.05, 3.63) is 52.9 Å². The Labute approximate surface area is 127 Å². The summed E-state index contributed by atoms with van der Waals surface area (Å²) in [5, 5.41) is 12.9. The standard InChI is InChI=1S/C15H16ClNO4/c1-20-13-5-2-4-11(16)10(13)8-15(19)17-9-12(18)14-6-3-7-21-14/h2-7,12,18H,8-9H2,1H3,(H,17,19). The van der Waals surface area contributed by atoms with Crippen molar-refractivity contribution in [1.82, 2.24) is 5.32 Å². The van der Waals surface area contributed by atoms with E-state index in [0.29, 0.717) is 22.1 Å². The highest BCUT2D eigenvalue weighted by molar-refractivity contribution is 6.31. The fourth-order valence-corrected chi connectivity index (χ4v) is 2.15. The Kier molecular flexibility index (Phi) is 5.25. The highest BCUT2D eigenvalue weighted by Gasteiger charge is 2.15. The van der Waals surface area contributed by atoms with Crippen LogP contribution in [0.15, 0.2) is 41.0 Å². The molecule has 1 atom stereocenters. The summed E-state index contributed by atoms with van der Waals surface area (Å²) in [6.45, 7) is 0.0686. The minimum atomic E-state index is -0.878. The molecule has 112 valence electrons. The summed E-state index contributed by atoms with van der Waals surface area (Å²) in [5.41, 5.74) is 0.617. The van der Waals surface area contributed by atoms with Gasteiger partial charge >= 0.3 is 0 Å². The number of carbonyl (C=O) groups excluding carboxylic acids is 1. The van der Waals surface area contributed by atoms with Crippen molar-refractivity contribution in [3.8, 4) is 5.75 Å². The zero-order chi connectivity index (χ0) is 15.2. The molecular weight excluding hydrogens is 294 g/mol. The Morgan fingerprint density at radius 1 is 1.43 bits per heavy atom. The number of ether oxygens (including phenoxy) is 1. The smallest absolute Gasteiger partial charge is 0.224 e. The molecule has 1 unspecified atom stereocenters. The third-order valence-electron chi connectivity index (χ3n) is 3.00. The summed E-state index contributed by atoms with van der Waals surface area (Å²) < 4.78 is 10.2. The van der Waals surface area contributed by atoms with Crippen LogP contribution in [0.3, 0.4) is 0 Å². The molecule has 0 bridgehead atoms.